The van der Waals surface area contributed by atoms with E-state index in [0.717, 1.165) is 12.1 Å². The van der Waals surface area contributed by atoms with Gasteiger partial charge in [0.1, 0.15) is 5.82 Å². The number of piperidine rings is 1. The van der Waals surface area contributed by atoms with Crippen LogP contribution in [0.1, 0.15) is 28.4 Å². The number of halogens is 1. The number of nitrogens with zero attached hydrogens (tertiary/aromatic N) is 2. The van der Waals surface area contributed by atoms with Gasteiger partial charge in [0.25, 0.3) is 11.5 Å². The third kappa shape index (κ3) is 4.24. The lowest BCUT2D eigenvalue weighted by atomic mass is 9.82. The van der Waals surface area contributed by atoms with Crippen LogP contribution in [0.3, 0.4) is 0 Å². The van der Waals surface area contributed by atoms with Crippen LogP contribution < -0.4 is 16.2 Å². The molecule has 3 aromatic rings. The summed E-state index contributed by atoms with van der Waals surface area (Å²) >= 11 is 0. The Kier molecular flexibility index (Phi) is 5.42. The number of hydrogen-bond donors (Lipinski definition) is 2. The van der Waals surface area contributed by atoms with Crippen molar-refractivity contribution in [1.82, 2.24) is 9.47 Å². The molecule has 1 saturated heterocycles. The maximum atomic E-state index is 13.3. The van der Waals surface area contributed by atoms with Crippen LogP contribution in [0.4, 0.5) is 20.6 Å². The summed E-state index contributed by atoms with van der Waals surface area (Å²) < 4.78 is 15.0. The van der Waals surface area contributed by atoms with Gasteiger partial charge in [0.05, 0.1) is 5.69 Å². The van der Waals surface area contributed by atoms with Crippen molar-refractivity contribution in [2.75, 3.05) is 23.7 Å². The number of benzene rings is 2. The van der Waals surface area contributed by atoms with Crippen molar-refractivity contribution >= 4 is 23.3 Å². The summed E-state index contributed by atoms with van der Waals surface area (Å²) in [7, 11) is 0. The standard InChI is InChI=1S/C25H23FN4O3/c26-19-8-6-17(7-9-19)24(32)29-13-16-12-18(15-29)23-21(10-11-22(31)30(23)14-16)28-25(33)27-20-4-2-1-3-5-20/h1-11,16,18H,12-15H2,(H2,27,28,33)/t16-,18-/m0/s1. The van der Waals surface area contributed by atoms with Crippen LogP contribution in [0.2, 0.25) is 0 Å². The van der Waals surface area contributed by atoms with Crippen LogP contribution in [0, 0.1) is 11.7 Å². The Labute approximate surface area is 189 Å². The second kappa shape index (κ2) is 8.54. The highest BCUT2D eigenvalue weighted by Crippen LogP contribution is 2.39. The van der Waals surface area contributed by atoms with Crippen molar-refractivity contribution < 1.29 is 14.0 Å². The molecule has 3 heterocycles. The van der Waals surface area contributed by atoms with E-state index in [1.165, 1.54) is 30.3 Å². The molecule has 2 atom stereocenters. The summed E-state index contributed by atoms with van der Waals surface area (Å²) in [6.45, 7) is 1.43. The summed E-state index contributed by atoms with van der Waals surface area (Å²) in [6, 6.07) is 17.3. The first-order chi connectivity index (χ1) is 16.0. The minimum Gasteiger partial charge on any atom is -0.338 e. The highest BCUT2D eigenvalue weighted by Gasteiger charge is 2.38. The van der Waals surface area contributed by atoms with Crippen molar-refractivity contribution in [2.45, 2.75) is 18.9 Å². The van der Waals surface area contributed by atoms with Crippen molar-refractivity contribution in [3.05, 3.63) is 94.2 Å². The molecular weight excluding hydrogens is 423 g/mol. The fourth-order valence-electron chi connectivity index (χ4n) is 4.87. The molecule has 2 N–H and O–H groups in total. The van der Waals surface area contributed by atoms with Gasteiger partial charge in [-0.15, -0.1) is 0 Å². The van der Waals surface area contributed by atoms with E-state index in [0.29, 0.717) is 36.6 Å². The van der Waals surface area contributed by atoms with Crippen LogP contribution in [0.15, 0.2) is 71.5 Å². The monoisotopic (exact) mass is 446 g/mol. The van der Waals surface area contributed by atoms with Gasteiger partial charge in [-0.1, -0.05) is 18.2 Å². The number of para-hydroxylation sites is 1. The van der Waals surface area contributed by atoms with Gasteiger partial charge >= 0.3 is 6.03 Å². The van der Waals surface area contributed by atoms with Gasteiger partial charge in [-0.25, -0.2) is 9.18 Å². The molecule has 0 spiro atoms. The SMILES string of the molecule is O=C(Nc1ccccc1)Nc1ccc(=O)n2c1[C@H]1C[C@@H](CN(C(=O)c3ccc(F)cc3)C1)C2. The maximum absolute atomic E-state index is 13.3. The minimum atomic E-state index is -0.403. The van der Waals surface area contributed by atoms with Crippen molar-refractivity contribution in [3.8, 4) is 0 Å². The summed E-state index contributed by atoms with van der Waals surface area (Å²) in [5.41, 5.74) is 2.27. The lowest BCUT2D eigenvalue weighted by molar-refractivity contribution is 0.0595. The van der Waals surface area contributed by atoms with Gasteiger partial charge in [-0.2, -0.15) is 0 Å². The minimum absolute atomic E-state index is 0.0946. The van der Waals surface area contributed by atoms with E-state index in [2.05, 4.69) is 10.6 Å². The van der Waals surface area contributed by atoms with Crippen LogP contribution in [-0.2, 0) is 6.54 Å². The van der Waals surface area contributed by atoms with Crippen LogP contribution in [0.5, 0.6) is 0 Å². The molecule has 7 nitrogen and oxygen atoms in total. The highest BCUT2D eigenvalue weighted by molar-refractivity contribution is 6.00. The molecule has 2 aliphatic heterocycles. The van der Waals surface area contributed by atoms with Gasteiger partial charge in [-0.3, -0.25) is 9.59 Å². The summed E-state index contributed by atoms with van der Waals surface area (Å²) in [5, 5.41) is 5.66. The number of carbonyl (C=O) groups is 2. The molecule has 168 valence electrons. The summed E-state index contributed by atoms with van der Waals surface area (Å²) in [4.78, 5) is 40.0. The average molecular weight is 446 g/mol. The molecule has 2 aliphatic rings. The Hall–Kier alpha value is -3.94. The number of aromatic nitrogens is 1. The van der Waals surface area contributed by atoms with E-state index in [4.69, 9.17) is 0 Å². The molecule has 0 unspecified atom stereocenters. The zero-order valence-electron chi connectivity index (χ0n) is 17.8. The van der Waals surface area contributed by atoms with Crippen molar-refractivity contribution in [3.63, 3.8) is 0 Å². The third-order valence-electron chi connectivity index (χ3n) is 6.25. The lowest BCUT2D eigenvalue weighted by Gasteiger charge is -2.43. The van der Waals surface area contributed by atoms with E-state index in [-0.39, 0.29) is 29.1 Å². The number of carbonyl (C=O) groups excluding carboxylic acids is 2. The largest absolute Gasteiger partial charge is 0.338 e. The second-order valence-corrected chi connectivity index (χ2v) is 8.54. The van der Waals surface area contributed by atoms with Crippen molar-refractivity contribution in [1.29, 1.82) is 0 Å². The molecular formula is C25H23FN4O3. The number of likely N-dealkylation sites (tertiary alicyclic amines) is 1. The summed E-state index contributed by atoms with van der Waals surface area (Å²) in [6.07, 6.45) is 0.825. The first-order valence-electron chi connectivity index (χ1n) is 10.9. The number of rotatable bonds is 3. The predicted octanol–water partition coefficient (Wildman–Crippen LogP) is 3.89. The first kappa shape index (κ1) is 20.9. The van der Waals surface area contributed by atoms with Crippen molar-refractivity contribution in [2.24, 2.45) is 5.92 Å². The number of anilines is 2. The Morgan fingerprint density at radius 2 is 1.64 bits per heavy atom. The fourth-order valence-corrected chi connectivity index (χ4v) is 4.87. The zero-order valence-corrected chi connectivity index (χ0v) is 17.8. The Morgan fingerprint density at radius 1 is 0.879 bits per heavy atom. The molecule has 1 aromatic heterocycles. The topological polar surface area (TPSA) is 83.4 Å². The van der Waals surface area contributed by atoms with E-state index in [9.17, 15) is 18.8 Å². The average Bonchev–Trinajstić information content (AvgIpc) is 2.81. The molecule has 2 bridgehead atoms. The molecule has 1 fully saturated rings. The molecule has 8 heteroatoms. The van der Waals surface area contributed by atoms with Crippen LogP contribution >= 0.6 is 0 Å². The number of urea groups is 1. The zero-order chi connectivity index (χ0) is 22.9. The molecule has 5 rings (SSSR count). The fraction of sp³-hybridized carbons (Fsp3) is 0.240. The molecule has 3 amide bonds. The van der Waals surface area contributed by atoms with E-state index >= 15 is 0 Å². The smallest absolute Gasteiger partial charge is 0.323 e. The second-order valence-electron chi connectivity index (χ2n) is 8.54. The first-order valence-corrected chi connectivity index (χ1v) is 10.9. The summed E-state index contributed by atoms with van der Waals surface area (Å²) in [5.74, 6) is -0.512. The molecule has 0 aliphatic carbocycles. The van der Waals surface area contributed by atoms with Gasteiger partial charge in [0.2, 0.25) is 0 Å². The van der Waals surface area contributed by atoms with Crippen LogP contribution in [0.25, 0.3) is 0 Å². The molecule has 0 saturated carbocycles. The predicted molar refractivity (Wildman–Crippen MR) is 123 cm³/mol. The van der Waals surface area contributed by atoms with E-state index in [1.807, 2.05) is 18.2 Å². The van der Waals surface area contributed by atoms with Crippen LogP contribution in [-0.4, -0.2) is 34.5 Å². The Morgan fingerprint density at radius 3 is 2.39 bits per heavy atom. The maximum Gasteiger partial charge on any atom is 0.323 e. The number of pyridine rings is 1. The molecule has 2 aromatic carbocycles. The number of fused-ring (bicyclic) bond motifs is 4. The highest BCUT2D eigenvalue weighted by atomic mass is 19.1. The quantitative estimate of drug-likeness (QED) is 0.640. The van der Waals surface area contributed by atoms with E-state index in [1.54, 1.807) is 27.7 Å². The van der Waals surface area contributed by atoms with Gasteiger partial charge in [0, 0.05) is 48.6 Å². The third-order valence-corrected chi connectivity index (χ3v) is 6.25. The normalized spacial score (nSPS) is 18.9. The Bertz CT molecular complexity index is 1260. The van der Waals surface area contributed by atoms with Gasteiger partial charge in [-0.05, 0) is 54.8 Å². The molecule has 33 heavy (non-hydrogen) atoms. The van der Waals surface area contributed by atoms with E-state index < -0.39 is 6.03 Å². The Balaban J connectivity index is 1.40. The van der Waals surface area contributed by atoms with Gasteiger partial charge < -0.3 is 20.1 Å². The van der Waals surface area contributed by atoms with Gasteiger partial charge in [0.15, 0.2) is 0 Å². The number of hydrogen-bond acceptors (Lipinski definition) is 3. The number of amides is 3. The molecule has 0 radical (unpaired) electrons. The lowest BCUT2D eigenvalue weighted by Crippen LogP contribution is -2.49. The number of nitrogens with one attached hydrogen (secondary N) is 2.